The lowest BCUT2D eigenvalue weighted by Crippen LogP contribution is -2.27. The molecule has 5 nitrogen and oxygen atoms in total. The third kappa shape index (κ3) is 3.51. The van der Waals surface area contributed by atoms with Crippen LogP contribution in [0, 0.1) is 0 Å². The van der Waals surface area contributed by atoms with Crippen LogP contribution in [-0.2, 0) is 0 Å². The lowest BCUT2D eigenvalue weighted by Gasteiger charge is -2.13. The van der Waals surface area contributed by atoms with Crippen molar-refractivity contribution in [3.63, 3.8) is 0 Å². The summed E-state index contributed by atoms with van der Waals surface area (Å²) in [6, 6.07) is 1.82. The summed E-state index contributed by atoms with van der Waals surface area (Å²) in [5, 5.41) is 17.6. The van der Waals surface area contributed by atoms with E-state index in [1.54, 1.807) is 0 Å². The quantitative estimate of drug-likeness (QED) is 0.733. The van der Waals surface area contributed by atoms with Crippen molar-refractivity contribution in [1.82, 2.24) is 9.97 Å². The zero-order valence-electron chi connectivity index (χ0n) is 10.9. The first-order chi connectivity index (χ1) is 9.61. The fraction of sp³-hybridized carbons (Fsp3) is 0.500. The maximum absolute atomic E-state index is 12.3. The largest absolute Gasteiger partial charge is 0.385 e. The van der Waals surface area contributed by atoms with Crippen molar-refractivity contribution in [1.29, 1.82) is 0 Å². The molecule has 2 aromatic rings. The summed E-state index contributed by atoms with van der Waals surface area (Å²) in [5.41, 5.74) is 0. The summed E-state index contributed by atoms with van der Waals surface area (Å²) in [6.45, 7) is 2.50. The molecule has 0 aliphatic rings. The highest BCUT2D eigenvalue weighted by molar-refractivity contribution is 7.16. The van der Waals surface area contributed by atoms with E-state index in [-0.39, 0.29) is 6.54 Å². The molecule has 20 heavy (non-hydrogen) atoms. The van der Waals surface area contributed by atoms with Gasteiger partial charge in [-0.3, -0.25) is 0 Å². The highest BCUT2D eigenvalue weighted by atomic mass is 32.1. The maximum Gasteiger partial charge on any atom is 0.265 e. The van der Waals surface area contributed by atoms with E-state index in [1.165, 1.54) is 11.3 Å². The van der Waals surface area contributed by atoms with Crippen LogP contribution in [0.5, 0.6) is 0 Å². The van der Waals surface area contributed by atoms with Gasteiger partial charge in [0, 0.05) is 13.1 Å². The normalized spacial score (nSPS) is 12.8. The van der Waals surface area contributed by atoms with Crippen molar-refractivity contribution >= 4 is 33.3 Å². The van der Waals surface area contributed by atoms with Gasteiger partial charge in [-0.1, -0.05) is 6.92 Å². The van der Waals surface area contributed by atoms with Gasteiger partial charge in [0.2, 0.25) is 5.95 Å². The molecule has 0 aromatic carbocycles. The number of anilines is 2. The first-order valence-electron chi connectivity index (χ1n) is 6.31. The van der Waals surface area contributed by atoms with Gasteiger partial charge >= 0.3 is 0 Å². The van der Waals surface area contributed by atoms with Crippen LogP contribution in [0.15, 0.2) is 11.4 Å². The minimum absolute atomic E-state index is 0.257. The third-order valence-electron chi connectivity index (χ3n) is 2.63. The Balaban J connectivity index is 2.19. The molecule has 0 bridgehead atoms. The summed E-state index contributed by atoms with van der Waals surface area (Å²) in [7, 11) is 0. The van der Waals surface area contributed by atoms with Crippen LogP contribution in [0.3, 0.4) is 0 Å². The van der Waals surface area contributed by atoms with Gasteiger partial charge in [0.1, 0.15) is 16.8 Å². The van der Waals surface area contributed by atoms with E-state index in [1.807, 2.05) is 18.4 Å². The third-order valence-corrected chi connectivity index (χ3v) is 3.43. The Morgan fingerprint density at radius 3 is 2.85 bits per heavy atom. The Morgan fingerprint density at radius 1 is 1.35 bits per heavy atom. The van der Waals surface area contributed by atoms with Gasteiger partial charge < -0.3 is 15.7 Å². The second kappa shape index (κ2) is 6.76. The first kappa shape index (κ1) is 14.9. The monoisotopic (exact) mass is 302 g/mol. The van der Waals surface area contributed by atoms with Crippen molar-refractivity contribution in [3.05, 3.63) is 11.4 Å². The Morgan fingerprint density at radius 2 is 2.15 bits per heavy atom. The summed E-state index contributed by atoms with van der Waals surface area (Å²) in [5.74, 6) is 0.908. The van der Waals surface area contributed by atoms with Crippen molar-refractivity contribution in [2.24, 2.45) is 0 Å². The maximum atomic E-state index is 12.3. The number of nitrogens with zero attached hydrogens (tertiary/aromatic N) is 2. The van der Waals surface area contributed by atoms with Crippen LogP contribution in [0.25, 0.3) is 10.2 Å². The van der Waals surface area contributed by atoms with E-state index < -0.39 is 12.5 Å². The molecule has 0 saturated carbocycles. The Kier molecular flexibility index (Phi) is 5.02. The fourth-order valence-electron chi connectivity index (χ4n) is 1.60. The van der Waals surface area contributed by atoms with Gasteiger partial charge in [0.15, 0.2) is 0 Å². The second-order valence-corrected chi connectivity index (χ2v) is 5.14. The topological polar surface area (TPSA) is 70.1 Å². The summed E-state index contributed by atoms with van der Waals surface area (Å²) >= 11 is 1.45. The zero-order chi connectivity index (χ0) is 14.5. The van der Waals surface area contributed by atoms with Gasteiger partial charge in [-0.15, -0.1) is 11.3 Å². The molecule has 0 fully saturated rings. The number of aliphatic hydroxyl groups excluding tert-OH is 1. The molecule has 0 aliphatic heterocycles. The number of halogens is 2. The minimum atomic E-state index is -2.78. The molecule has 3 N–H and O–H groups in total. The molecule has 2 rings (SSSR count). The first-order valence-corrected chi connectivity index (χ1v) is 7.19. The van der Waals surface area contributed by atoms with Gasteiger partial charge in [0.25, 0.3) is 6.43 Å². The van der Waals surface area contributed by atoms with E-state index in [2.05, 4.69) is 20.6 Å². The van der Waals surface area contributed by atoms with Gasteiger partial charge in [-0.05, 0) is 17.9 Å². The molecular weight excluding hydrogens is 286 g/mol. The van der Waals surface area contributed by atoms with E-state index >= 15 is 0 Å². The molecule has 1 atom stereocenters. The molecule has 1 unspecified atom stereocenters. The number of thiophene rings is 1. The minimum Gasteiger partial charge on any atom is -0.385 e. The van der Waals surface area contributed by atoms with E-state index in [9.17, 15) is 8.78 Å². The van der Waals surface area contributed by atoms with Gasteiger partial charge in [-0.25, -0.2) is 13.8 Å². The fourth-order valence-corrected chi connectivity index (χ4v) is 2.36. The molecule has 8 heteroatoms. The molecule has 0 radical (unpaired) electrons. The second-order valence-electron chi connectivity index (χ2n) is 4.24. The average molecular weight is 302 g/mol. The highest BCUT2D eigenvalue weighted by Gasteiger charge is 2.17. The van der Waals surface area contributed by atoms with Crippen LogP contribution in [0.1, 0.15) is 13.3 Å². The SMILES string of the molecule is CCCNc1nc(NCC(O)C(F)F)c2ccsc2n1. The predicted octanol–water partition coefficient (Wildman–Crippen LogP) is 2.55. The highest BCUT2D eigenvalue weighted by Crippen LogP contribution is 2.26. The van der Waals surface area contributed by atoms with Crippen molar-refractivity contribution in [2.75, 3.05) is 23.7 Å². The summed E-state index contributed by atoms with van der Waals surface area (Å²) < 4.78 is 24.6. The molecular formula is C12H16F2N4OS. The number of alkyl halides is 2. The number of fused-ring (bicyclic) bond motifs is 1. The molecule has 0 spiro atoms. The molecule has 110 valence electrons. The standard InChI is InChI=1S/C12H16F2N4OS/c1-2-4-15-12-17-10(16-6-8(19)9(13)14)7-3-5-20-11(7)18-12/h3,5,8-9,19H,2,4,6H2,1H3,(H2,15,16,17,18). The lowest BCUT2D eigenvalue weighted by molar-refractivity contribution is 0.00382. The number of hydrogen-bond donors (Lipinski definition) is 3. The van der Waals surface area contributed by atoms with Gasteiger partial charge in [0.05, 0.1) is 5.39 Å². The van der Waals surface area contributed by atoms with Crippen molar-refractivity contribution < 1.29 is 13.9 Å². The van der Waals surface area contributed by atoms with E-state index in [4.69, 9.17) is 5.11 Å². The Bertz CT molecular complexity index is 563. The van der Waals surface area contributed by atoms with Crippen LogP contribution < -0.4 is 10.6 Å². The number of hydrogen-bond acceptors (Lipinski definition) is 6. The van der Waals surface area contributed by atoms with Crippen LogP contribution >= 0.6 is 11.3 Å². The zero-order valence-corrected chi connectivity index (χ0v) is 11.8. The summed E-state index contributed by atoms with van der Waals surface area (Å²) in [6.07, 6.45) is -3.57. The summed E-state index contributed by atoms with van der Waals surface area (Å²) in [4.78, 5) is 9.37. The molecule has 2 heterocycles. The molecule has 2 aromatic heterocycles. The molecule has 0 saturated heterocycles. The smallest absolute Gasteiger partial charge is 0.265 e. The number of rotatable bonds is 7. The van der Waals surface area contributed by atoms with Gasteiger partial charge in [-0.2, -0.15) is 4.98 Å². The van der Waals surface area contributed by atoms with Crippen molar-refractivity contribution in [2.45, 2.75) is 25.9 Å². The Hall–Kier alpha value is -1.54. The number of aliphatic hydroxyl groups is 1. The van der Waals surface area contributed by atoms with Crippen LogP contribution in [-0.4, -0.2) is 40.7 Å². The molecule has 0 amide bonds. The predicted molar refractivity (Wildman–Crippen MR) is 76.7 cm³/mol. The van der Waals surface area contributed by atoms with Crippen LogP contribution in [0.2, 0.25) is 0 Å². The molecule has 0 aliphatic carbocycles. The van der Waals surface area contributed by atoms with Crippen molar-refractivity contribution in [3.8, 4) is 0 Å². The van der Waals surface area contributed by atoms with Crippen LogP contribution in [0.4, 0.5) is 20.5 Å². The Labute approximate surface area is 119 Å². The lowest BCUT2D eigenvalue weighted by atomic mass is 10.3. The number of nitrogens with one attached hydrogen (secondary N) is 2. The average Bonchev–Trinajstić information content (AvgIpc) is 2.90. The number of aromatic nitrogens is 2. The van der Waals surface area contributed by atoms with E-state index in [0.717, 1.165) is 23.2 Å². The van der Waals surface area contributed by atoms with E-state index in [0.29, 0.717) is 11.8 Å².